The van der Waals surface area contributed by atoms with E-state index in [0.717, 1.165) is 0 Å². The molecule has 0 fully saturated rings. The SMILES string of the molecule is CCN(CCOS(=O)(=O)O)c1ccc(N=Nc2ncn(C)n2)cc1[N+](=O)[O-]. The van der Waals surface area contributed by atoms with Crippen molar-refractivity contribution in [1.29, 1.82) is 0 Å². The van der Waals surface area contributed by atoms with Crippen LogP contribution in [-0.2, 0) is 21.6 Å². The minimum Gasteiger partial charge on any atom is -0.364 e. The lowest BCUT2D eigenvalue weighted by atomic mass is 10.2. The molecule has 27 heavy (non-hydrogen) atoms. The Balaban J connectivity index is 2.22. The summed E-state index contributed by atoms with van der Waals surface area (Å²) in [7, 11) is -2.91. The maximum Gasteiger partial charge on any atom is 0.397 e. The first-order valence-electron chi connectivity index (χ1n) is 7.62. The molecule has 0 aliphatic carbocycles. The fraction of sp³-hybridized carbons (Fsp3) is 0.385. The second-order valence-corrected chi connectivity index (χ2v) is 6.27. The van der Waals surface area contributed by atoms with Crippen molar-refractivity contribution in [2.45, 2.75) is 6.92 Å². The van der Waals surface area contributed by atoms with E-state index in [1.54, 1.807) is 14.0 Å². The summed E-state index contributed by atoms with van der Waals surface area (Å²) < 4.78 is 35.5. The number of hydrogen-bond donors (Lipinski definition) is 1. The second kappa shape index (κ2) is 8.61. The average Bonchev–Trinajstić information content (AvgIpc) is 3.01. The van der Waals surface area contributed by atoms with Crippen LogP contribution in [0.25, 0.3) is 0 Å². The molecule has 1 aromatic carbocycles. The van der Waals surface area contributed by atoms with Gasteiger partial charge < -0.3 is 4.90 Å². The monoisotopic (exact) mass is 399 g/mol. The van der Waals surface area contributed by atoms with E-state index in [-0.39, 0.29) is 36.2 Å². The average molecular weight is 399 g/mol. The van der Waals surface area contributed by atoms with Gasteiger partial charge in [-0.3, -0.25) is 19.3 Å². The molecular formula is C13H17N7O6S. The molecule has 0 unspecified atom stereocenters. The Morgan fingerprint density at radius 3 is 2.70 bits per heavy atom. The van der Waals surface area contributed by atoms with Crippen LogP contribution in [0.4, 0.5) is 23.0 Å². The van der Waals surface area contributed by atoms with Crippen molar-refractivity contribution in [3.8, 4) is 0 Å². The third kappa shape index (κ3) is 6.05. The number of benzene rings is 1. The Bertz CT molecular complexity index is 942. The third-order valence-corrected chi connectivity index (χ3v) is 3.78. The number of anilines is 1. The first-order chi connectivity index (χ1) is 12.7. The normalized spacial score (nSPS) is 11.8. The lowest BCUT2D eigenvalue weighted by molar-refractivity contribution is -0.384. The van der Waals surface area contributed by atoms with Crippen molar-refractivity contribution < 1.29 is 22.1 Å². The summed E-state index contributed by atoms with van der Waals surface area (Å²) in [6.07, 6.45) is 1.44. The molecule has 0 spiro atoms. The van der Waals surface area contributed by atoms with E-state index in [0.29, 0.717) is 6.54 Å². The number of hydrogen-bond acceptors (Lipinski definition) is 10. The summed E-state index contributed by atoms with van der Waals surface area (Å²) in [5.74, 6) is 0.113. The van der Waals surface area contributed by atoms with Gasteiger partial charge in [0.1, 0.15) is 12.0 Å². The number of nitro groups is 1. The summed E-state index contributed by atoms with van der Waals surface area (Å²) >= 11 is 0. The summed E-state index contributed by atoms with van der Waals surface area (Å²) in [5, 5.41) is 23.0. The highest BCUT2D eigenvalue weighted by atomic mass is 32.3. The molecule has 0 radical (unpaired) electrons. The molecule has 146 valence electrons. The van der Waals surface area contributed by atoms with Crippen LogP contribution >= 0.6 is 0 Å². The van der Waals surface area contributed by atoms with Crippen LogP contribution < -0.4 is 4.90 Å². The zero-order chi connectivity index (χ0) is 20.0. The molecule has 14 heteroatoms. The highest BCUT2D eigenvalue weighted by Gasteiger charge is 2.20. The largest absolute Gasteiger partial charge is 0.397 e. The van der Waals surface area contributed by atoms with Crippen LogP contribution in [0.1, 0.15) is 6.92 Å². The molecule has 1 heterocycles. The molecule has 0 saturated carbocycles. The van der Waals surface area contributed by atoms with Crippen molar-refractivity contribution in [3.05, 3.63) is 34.6 Å². The predicted octanol–water partition coefficient (Wildman–Crippen LogP) is 1.78. The number of nitro benzene ring substituents is 1. The highest BCUT2D eigenvalue weighted by Crippen LogP contribution is 2.32. The van der Waals surface area contributed by atoms with Gasteiger partial charge in [-0.05, 0) is 19.1 Å². The fourth-order valence-electron chi connectivity index (χ4n) is 2.17. The zero-order valence-electron chi connectivity index (χ0n) is 14.5. The van der Waals surface area contributed by atoms with Gasteiger partial charge in [0, 0.05) is 26.2 Å². The van der Waals surface area contributed by atoms with Crippen molar-refractivity contribution in [2.75, 3.05) is 24.6 Å². The molecule has 2 rings (SSSR count). The van der Waals surface area contributed by atoms with E-state index in [2.05, 4.69) is 24.5 Å². The smallest absolute Gasteiger partial charge is 0.364 e. The minimum absolute atomic E-state index is 0.00977. The van der Waals surface area contributed by atoms with Crippen molar-refractivity contribution in [2.24, 2.45) is 17.3 Å². The number of azo groups is 1. The molecule has 0 atom stereocenters. The van der Waals surface area contributed by atoms with Crippen molar-refractivity contribution in [1.82, 2.24) is 14.8 Å². The Hall–Kier alpha value is -2.97. The predicted molar refractivity (Wildman–Crippen MR) is 93.7 cm³/mol. The molecule has 0 amide bonds. The van der Waals surface area contributed by atoms with E-state index in [9.17, 15) is 18.5 Å². The summed E-state index contributed by atoms with van der Waals surface area (Å²) in [6, 6.07) is 4.21. The van der Waals surface area contributed by atoms with E-state index >= 15 is 0 Å². The Morgan fingerprint density at radius 1 is 1.41 bits per heavy atom. The lowest BCUT2D eigenvalue weighted by Gasteiger charge is -2.22. The molecule has 1 N–H and O–H groups in total. The highest BCUT2D eigenvalue weighted by molar-refractivity contribution is 7.80. The van der Waals surface area contributed by atoms with E-state index in [4.69, 9.17) is 4.55 Å². The topological polar surface area (TPSA) is 165 Å². The number of likely N-dealkylation sites (N-methyl/N-ethyl adjacent to an activating group) is 1. The number of aryl methyl sites for hydroxylation is 1. The van der Waals surface area contributed by atoms with Gasteiger partial charge in [0.15, 0.2) is 0 Å². The van der Waals surface area contributed by atoms with Crippen LogP contribution in [0.2, 0.25) is 0 Å². The van der Waals surface area contributed by atoms with Gasteiger partial charge in [-0.2, -0.15) is 13.4 Å². The van der Waals surface area contributed by atoms with Gasteiger partial charge in [0.05, 0.1) is 17.2 Å². The van der Waals surface area contributed by atoms with Gasteiger partial charge in [-0.1, -0.05) is 0 Å². The van der Waals surface area contributed by atoms with E-state index in [1.165, 1.54) is 34.1 Å². The van der Waals surface area contributed by atoms with Gasteiger partial charge in [-0.15, -0.1) is 15.3 Å². The van der Waals surface area contributed by atoms with Crippen LogP contribution in [0.15, 0.2) is 34.8 Å². The second-order valence-electron chi connectivity index (χ2n) is 5.18. The Labute approximate surface area is 154 Å². The summed E-state index contributed by atoms with van der Waals surface area (Å²) in [6.45, 7) is 1.72. The number of aromatic nitrogens is 3. The molecule has 0 aliphatic rings. The van der Waals surface area contributed by atoms with Crippen molar-refractivity contribution in [3.63, 3.8) is 0 Å². The molecule has 0 aliphatic heterocycles. The maximum atomic E-state index is 11.4. The third-order valence-electron chi connectivity index (χ3n) is 3.31. The number of nitrogens with zero attached hydrogens (tertiary/aromatic N) is 7. The first kappa shape index (κ1) is 20.3. The molecule has 0 bridgehead atoms. The standard InChI is InChI=1S/C13H17N7O6S/c1-3-19(6-7-26-27(23,24)25)11-5-4-10(8-12(11)20(21)22)15-16-13-14-9-18(2)17-13/h4-5,8-9H,3,6-7H2,1-2H3,(H,23,24,25). The quantitative estimate of drug-likeness (QED) is 0.286. The summed E-state index contributed by atoms with van der Waals surface area (Å²) in [4.78, 5) is 16.2. The van der Waals surface area contributed by atoms with Crippen LogP contribution in [0.5, 0.6) is 0 Å². The van der Waals surface area contributed by atoms with Gasteiger partial charge in [0.2, 0.25) is 0 Å². The van der Waals surface area contributed by atoms with Crippen LogP contribution in [0.3, 0.4) is 0 Å². The van der Waals surface area contributed by atoms with E-state index in [1.807, 2.05) is 0 Å². The van der Waals surface area contributed by atoms with Gasteiger partial charge >= 0.3 is 10.4 Å². The fourth-order valence-corrected chi connectivity index (χ4v) is 2.45. The van der Waals surface area contributed by atoms with Gasteiger partial charge in [0.25, 0.3) is 11.6 Å². The summed E-state index contributed by atoms with van der Waals surface area (Å²) in [5.41, 5.74) is 0.230. The minimum atomic E-state index is -4.58. The molecular weight excluding hydrogens is 382 g/mol. The molecule has 1 aromatic heterocycles. The molecule has 0 saturated heterocycles. The van der Waals surface area contributed by atoms with Crippen molar-refractivity contribution >= 4 is 33.4 Å². The Morgan fingerprint density at radius 2 is 2.15 bits per heavy atom. The number of rotatable bonds is 9. The molecule has 13 nitrogen and oxygen atoms in total. The Kier molecular flexibility index (Phi) is 6.49. The van der Waals surface area contributed by atoms with Crippen LogP contribution in [-0.4, -0.2) is 52.4 Å². The van der Waals surface area contributed by atoms with Gasteiger partial charge in [-0.25, -0.2) is 4.18 Å². The zero-order valence-corrected chi connectivity index (χ0v) is 15.3. The van der Waals surface area contributed by atoms with E-state index < -0.39 is 15.3 Å². The molecule has 2 aromatic rings. The first-order valence-corrected chi connectivity index (χ1v) is 8.98. The maximum absolute atomic E-state index is 11.4. The van der Waals surface area contributed by atoms with Crippen LogP contribution in [0, 0.1) is 10.1 Å². The lowest BCUT2D eigenvalue weighted by Crippen LogP contribution is -2.28.